The van der Waals surface area contributed by atoms with Gasteiger partial charge in [0.15, 0.2) is 5.82 Å². The van der Waals surface area contributed by atoms with Gasteiger partial charge in [-0.05, 0) is 24.5 Å². The fourth-order valence-corrected chi connectivity index (χ4v) is 1.82. The third kappa shape index (κ3) is 1.83. The Hall–Kier alpha value is -1.71. The van der Waals surface area contributed by atoms with E-state index in [0.29, 0.717) is 18.3 Å². The third-order valence-corrected chi connectivity index (χ3v) is 2.98. The van der Waals surface area contributed by atoms with Crippen molar-refractivity contribution in [2.24, 2.45) is 5.92 Å². The summed E-state index contributed by atoms with van der Waals surface area (Å²) in [7, 11) is 0. The number of rotatable bonds is 3. The quantitative estimate of drug-likeness (QED) is 0.787. The second-order valence-electron chi connectivity index (χ2n) is 4.37. The van der Waals surface area contributed by atoms with Crippen molar-refractivity contribution < 1.29 is 4.52 Å². The molecule has 1 aliphatic rings. The van der Waals surface area contributed by atoms with Crippen LogP contribution in [0.15, 0.2) is 28.9 Å². The van der Waals surface area contributed by atoms with Crippen LogP contribution in [0.5, 0.6) is 0 Å². The second-order valence-corrected chi connectivity index (χ2v) is 4.37. The van der Waals surface area contributed by atoms with Crippen LogP contribution in [0.2, 0.25) is 0 Å². The molecule has 3 rings (SSSR count). The highest BCUT2D eigenvalue weighted by Crippen LogP contribution is 2.45. The van der Waals surface area contributed by atoms with Gasteiger partial charge in [0.05, 0.1) is 6.42 Å². The molecule has 82 valence electrons. The maximum atomic E-state index is 5.24. The molecule has 0 radical (unpaired) electrons. The van der Waals surface area contributed by atoms with Gasteiger partial charge in [-0.15, -0.1) is 0 Å². The SMILES string of the molecule is CC1CC1c1nc(Cc2ccccn2)no1. The first kappa shape index (κ1) is 9.51. The van der Waals surface area contributed by atoms with Crippen LogP contribution in [0.3, 0.4) is 0 Å². The van der Waals surface area contributed by atoms with Gasteiger partial charge in [-0.2, -0.15) is 4.98 Å². The van der Waals surface area contributed by atoms with E-state index in [2.05, 4.69) is 22.0 Å². The zero-order valence-corrected chi connectivity index (χ0v) is 9.13. The fourth-order valence-electron chi connectivity index (χ4n) is 1.82. The highest BCUT2D eigenvalue weighted by molar-refractivity contribution is 5.11. The van der Waals surface area contributed by atoms with Crippen molar-refractivity contribution in [3.05, 3.63) is 41.8 Å². The summed E-state index contributed by atoms with van der Waals surface area (Å²) in [5.74, 6) is 2.71. The fraction of sp³-hybridized carbons (Fsp3) is 0.417. The van der Waals surface area contributed by atoms with Crippen LogP contribution in [0.4, 0.5) is 0 Å². The number of nitrogens with zero attached hydrogens (tertiary/aromatic N) is 3. The minimum absolute atomic E-state index is 0.491. The van der Waals surface area contributed by atoms with E-state index < -0.39 is 0 Å². The molecule has 0 saturated heterocycles. The van der Waals surface area contributed by atoms with Crippen molar-refractivity contribution in [1.29, 1.82) is 0 Å². The minimum Gasteiger partial charge on any atom is -0.339 e. The molecule has 4 nitrogen and oxygen atoms in total. The predicted molar refractivity (Wildman–Crippen MR) is 57.9 cm³/mol. The molecule has 2 heterocycles. The number of aromatic nitrogens is 3. The van der Waals surface area contributed by atoms with E-state index in [4.69, 9.17) is 4.52 Å². The maximum Gasteiger partial charge on any atom is 0.230 e. The monoisotopic (exact) mass is 215 g/mol. The van der Waals surface area contributed by atoms with Crippen LogP contribution in [-0.4, -0.2) is 15.1 Å². The normalized spacial score (nSPS) is 23.3. The molecular formula is C12H13N3O. The molecule has 1 saturated carbocycles. The molecule has 16 heavy (non-hydrogen) atoms. The van der Waals surface area contributed by atoms with Gasteiger partial charge >= 0.3 is 0 Å². The third-order valence-electron chi connectivity index (χ3n) is 2.98. The summed E-state index contributed by atoms with van der Waals surface area (Å²) in [6.07, 6.45) is 3.59. The second kappa shape index (κ2) is 3.70. The van der Waals surface area contributed by atoms with Crippen molar-refractivity contribution in [3.63, 3.8) is 0 Å². The standard InChI is InChI=1S/C12H13N3O/c1-8-6-10(8)12-14-11(15-16-12)7-9-4-2-3-5-13-9/h2-5,8,10H,6-7H2,1H3. The van der Waals surface area contributed by atoms with Crippen molar-refractivity contribution in [1.82, 2.24) is 15.1 Å². The summed E-state index contributed by atoms with van der Waals surface area (Å²) in [6, 6.07) is 5.83. The Balaban J connectivity index is 1.73. The Morgan fingerprint density at radius 3 is 3.00 bits per heavy atom. The van der Waals surface area contributed by atoms with E-state index >= 15 is 0 Å². The zero-order valence-electron chi connectivity index (χ0n) is 9.13. The van der Waals surface area contributed by atoms with Gasteiger partial charge in [-0.25, -0.2) is 0 Å². The molecular weight excluding hydrogens is 202 g/mol. The summed E-state index contributed by atoms with van der Waals surface area (Å²) in [4.78, 5) is 8.64. The van der Waals surface area contributed by atoms with Gasteiger partial charge in [0.1, 0.15) is 0 Å². The Morgan fingerprint density at radius 2 is 2.31 bits per heavy atom. The molecule has 4 heteroatoms. The minimum atomic E-state index is 0.491. The molecule has 2 aromatic rings. The van der Waals surface area contributed by atoms with Gasteiger partial charge in [0.25, 0.3) is 0 Å². The average molecular weight is 215 g/mol. The molecule has 0 aromatic carbocycles. The lowest BCUT2D eigenvalue weighted by molar-refractivity contribution is 0.371. The molecule has 2 atom stereocenters. The Labute approximate surface area is 93.7 Å². The van der Waals surface area contributed by atoms with Gasteiger partial charge < -0.3 is 4.52 Å². The number of hydrogen-bond donors (Lipinski definition) is 0. The van der Waals surface area contributed by atoms with Crippen LogP contribution in [-0.2, 0) is 6.42 Å². The lowest BCUT2D eigenvalue weighted by atomic mass is 10.2. The van der Waals surface area contributed by atoms with E-state index in [9.17, 15) is 0 Å². The maximum absolute atomic E-state index is 5.24. The topological polar surface area (TPSA) is 51.8 Å². The van der Waals surface area contributed by atoms with E-state index in [-0.39, 0.29) is 0 Å². The van der Waals surface area contributed by atoms with E-state index in [0.717, 1.165) is 17.4 Å². The van der Waals surface area contributed by atoms with E-state index in [1.54, 1.807) is 6.20 Å². The Morgan fingerprint density at radius 1 is 1.44 bits per heavy atom. The summed E-state index contributed by atoms with van der Waals surface area (Å²) < 4.78 is 5.24. The van der Waals surface area contributed by atoms with Crippen molar-refractivity contribution in [2.45, 2.75) is 25.7 Å². The van der Waals surface area contributed by atoms with Crippen LogP contribution < -0.4 is 0 Å². The predicted octanol–water partition coefficient (Wildman–Crippen LogP) is 2.18. The van der Waals surface area contributed by atoms with Gasteiger partial charge in [-0.3, -0.25) is 4.98 Å². The summed E-state index contributed by atoms with van der Waals surface area (Å²) in [5, 5.41) is 3.98. The van der Waals surface area contributed by atoms with Crippen LogP contribution in [0.1, 0.15) is 36.7 Å². The lowest BCUT2D eigenvalue weighted by Crippen LogP contribution is -1.93. The molecule has 0 aliphatic heterocycles. The molecule has 0 amide bonds. The van der Waals surface area contributed by atoms with Gasteiger partial charge in [0, 0.05) is 17.8 Å². The summed E-state index contributed by atoms with van der Waals surface area (Å²) >= 11 is 0. The van der Waals surface area contributed by atoms with Crippen LogP contribution in [0, 0.1) is 5.92 Å². The smallest absolute Gasteiger partial charge is 0.230 e. The zero-order chi connectivity index (χ0) is 11.0. The Kier molecular flexibility index (Phi) is 2.20. The molecule has 2 aromatic heterocycles. The largest absolute Gasteiger partial charge is 0.339 e. The van der Waals surface area contributed by atoms with Gasteiger partial charge in [0.2, 0.25) is 5.89 Å². The van der Waals surface area contributed by atoms with Crippen molar-refractivity contribution in [3.8, 4) is 0 Å². The Bertz CT molecular complexity index is 480. The molecule has 0 bridgehead atoms. The van der Waals surface area contributed by atoms with E-state index in [1.165, 1.54) is 6.42 Å². The number of hydrogen-bond acceptors (Lipinski definition) is 4. The van der Waals surface area contributed by atoms with Crippen molar-refractivity contribution >= 4 is 0 Å². The number of pyridine rings is 1. The van der Waals surface area contributed by atoms with Crippen molar-refractivity contribution in [2.75, 3.05) is 0 Å². The highest BCUT2D eigenvalue weighted by atomic mass is 16.5. The molecule has 2 unspecified atom stereocenters. The summed E-state index contributed by atoms with van der Waals surface area (Å²) in [6.45, 7) is 2.20. The van der Waals surface area contributed by atoms with Gasteiger partial charge in [-0.1, -0.05) is 18.1 Å². The summed E-state index contributed by atoms with van der Waals surface area (Å²) in [5.41, 5.74) is 0.971. The first-order chi connectivity index (χ1) is 7.83. The molecule has 0 N–H and O–H groups in total. The molecule has 1 aliphatic carbocycles. The molecule has 1 fully saturated rings. The van der Waals surface area contributed by atoms with Crippen LogP contribution >= 0.6 is 0 Å². The lowest BCUT2D eigenvalue weighted by Gasteiger charge is -1.92. The molecule has 0 spiro atoms. The van der Waals surface area contributed by atoms with E-state index in [1.807, 2.05) is 18.2 Å². The first-order valence-corrected chi connectivity index (χ1v) is 5.55. The average Bonchev–Trinajstić information content (AvgIpc) is 2.86. The first-order valence-electron chi connectivity index (χ1n) is 5.55. The van der Waals surface area contributed by atoms with Crippen LogP contribution in [0.25, 0.3) is 0 Å². The highest BCUT2D eigenvalue weighted by Gasteiger charge is 2.38.